The standard InChI is InChI=1S/C17H12ClNS/c18-14-8-2-4-11-17(14)20-16-10-3-1-7-13(16)15-9-5-6-12-19-15/h1-12H. The molecule has 0 saturated carbocycles. The van der Waals surface area contributed by atoms with Gasteiger partial charge < -0.3 is 0 Å². The summed E-state index contributed by atoms with van der Waals surface area (Å²) < 4.78 is 0. The summed E-state index contributed by atoms with van der Waals surface area (Å²) in [6.07, 6.45) is 1.81. The highest BCUT2D eigenvalue weighted by Gasteiger charge is 2.08. The van der Waals surface area contributed by atoms with Crippen LogP contribution in [-0.4, -0.2) is 4.98 Å². The Morgan fingerprint density at radius 3 is 2.20 bits per heavy atom. The van der Waals surface area contributed by atoms with E-state index in [2.05, 4.69) is 17.1 Å². The topological polar surface area (TPSA) is 12.9 Å². The number of pyridine rings is 1. The molecule has 20 heavy (non-hydrogen) atoms. The molecule has 0 aliphatic heterocycles. The molecule has 0 N–H and O–H groups in total. The zero-order valence-corrected chi connectivity index (χ0v) is 12.2. The summed E-state index contributed by atoms with van der Waals surface area (Å²) in [5.74, 6) is 0. The lowest BCUT2D eigenvalue weighted by Gasteiger charge is -2.09. The van der Waals surface area contributed by atoms with Crippen molar-refractivity contribution in [1.29, 1.82) is 0 Å². The Kier molecular flexibility index (Phi) is 4.05. The minimum absolute atomic E-state index is 0.772. The van der Waals surface area contributed by atoms with Crippen LogP contribution in [0.15, 0.2) is 82.7 Å². The third-order valence-corrected chi connectivity index (χ3v) is 4.48. The number of halogens is 1. The van der Waals surface area contributed by atoms with Crippen molar-refractivity contribution in [1.82, 2.24) is 4.98 Å². The average molecular weight is 298 g/mol. The van der Waals surface area contributed by atoms with Crippen molar-refractivity contribution in [3.63, 3.8) is 0 Å². The number of hydrogen-bond acceptors (Lipinski definition) is 2. The van der Waals surface area contributed by atoms with E-state index in [0.29, 0.717) is 0 Å². The van der Waals surface area contributed by atoms with Crippen LogP contribution in [0.4, 0.5) is 0 Å². The van der Waals surface area contributed by atoms with Crippen molar-refractivity contribution in [3.05, 3.63) is 77.9 Å². The molecule has 3 rings (SSSR count). The molecule has 0 aliphatic rings. The van der Waals surface area contributed by atoms with Crippen LogP contribution in [0.25, 0.3) is 11.3 Å². The molecule has 0 amide bonds. The van der Waals surface area contributed by atoms with Gasteiger partial charge in [-0.1, -0.05) is 59.8 Å². The van der Waals surface area contributed by atoms with Crippen LogP contribution in [0.5, 0.6) is 0 Å². The monoisotopic (exact) mass is 297 g/mol. The molecule has 1 aromatic heterocycles. The van der Waals surface area contributed by atoms with Gasteiger partial charge in [0, 0.05) is 21.6 Å². The third-order valence-electron chi connectivity index (χ3n) is 2.88. The van der Waals surface area contributed by atoms with Crippen molar-refractivity contribution >= 4 is 23.4 Å². The Morgan fingerprint density at radius 2 is 1.45 bits per heavy atom. The van der Waals surface area contributed by atoms with Gasteiger partial charge in [-0.3, -0.25) is 4.98 Å². The van der Waals surface area contributed by atoms with Crippen molar-refractivity contribution < 1.29 is 0 Å². The van der Waals surface area contributed by atoms with Gasteiger partial charge in [-0.2, -0.15) is 0 Å². The lowest BCUT2D eigenvalue weighted by molar-refractivity contribution is 1.29. The maximum absolute atomic E-state index is 6.24. The normalized spacial score (nSPS) is 10.4. The van der Waals surface area contributed by atoms with E-state index in [9.17, 15) is 0 Å². The summed E-state index contributed by atoms with van der Waals surface area (Å²) in [6.45, 7) is 0. The zero-order valence-electron chi connectivity index (χ0n) is 10.7. The maximum atomic E-state index is 6.24. The minimum atomic E-state index is 0.772. The molecule has 0 unspecified atom stereocenters. The first-order chi connectivity index (χ1) is 9.84. The molecule has 0 atom stereocenters. The zero-order chi connectivity index (χ0) is 13.8. The quantitative estimate of drug-likeness (QED) is 0.628. The Hall–Kier alpha value is -1.77. The van der Waals surface area contributed by atoms with Crippen molar-refractivity contribution in [2.24, 2.45) is 0 Å². The summed E-state index contributed by atoms with van der Waals surface area (Å²) in [5, 5.41) is 0.772. The molecular weight excluding hydrogens is 286 g/mol. The predicted molar refractivity (Wildman–Crippen MR) is 85.2 cm³/mol. The second kappa shape index (κ2) is 6.12. The summed E-state index contributed by atoms with van der Waals surface area (Å²) >= 11 is 7.90. The summed E-state index contributed by atoms with van der Waals surface area (Å²) in [5.41, 5.74) is 2.10. The SMILES string of the molecule is Clc1ccccc1Sc1ccccc1-c1ccccn1. The molecule has 1 heterocycles. The molecule has 0 aliphatic carbocycles. The molecule has 0 saturated heterocycles. The largest absolute Gasteiger partial charge is 0.256 e. The smallest absolute Gasteiger partial charge is 0.0713 e. The Bertz CT molecular complexity index is 713. The number of hydrogen-bond donors (Lipinski definition) is 0. The van der Waals surface area contributed by atoms with Crippen LogP contribution in [0, 0.1) is 0 Å². The summed E-state index contributed by atoms with van der Waals surface area (Å²) in [6, 6.07) is 22.1. The van der Waals surface area contributed by atoms with Gasteiger partial charge in [-0.15, -0.1) is 0 Å². The number of aromatic nitrogens is 1. The van der Waals surface area contributed by atoms with Crippen LogP contribution in [0.3, 0.4) is 0 Å². The first-order valence-electron chi connectivity index (χ1n) is 6.27. The van der Waals surface area contributed by atoms with E-state index >= 15 is 0 Å². The third kappa shape index (κ3) is 2.87. The molecule has 1 nitrogen and oxygen atoms in total. The van der Waals surface area contributed by atoms with E-state index in [-0.39, 0.29) is 0 Å². The van der Waals surface area contributed by atoms with Crippen molar-refractivity contribution in [3.8, 4) is 11.3 Å². The van der Waals surface area contributed by atoms with Gasteiger partial charge in [0.25, 0.3) is 0 Å². The second-order valence-electron chi connectivity index (χ2n) is 4.24. The van der Waals surface area contributed by atoms with Crippen LogP contribution >= 0.6 is 23.4 Å². The second-order valence-corrected chi connectivity index (χ2v) is 5.73. The molecule has 0 radical (unpaired) electrons. The fourth-order valence-electron chi connectivity index (χ4n) is 1.94. The van der Waals surface area contributed by atoms with Crippen LogP contribution in [-0.2, 0) is 0 Å². The van der Waals surface area contributed by atoms with Crippen LogP contribution in [0.1, 0.15) is 0 Å². The highest BCUT2D eigenvalue weighted by molar-refractivity contribution is 7.99. The predicted octanol–water partition coefficient (Wildman–Crippen LogP) is 5.55. The fourth-order valence-corrected chi connectivity index (χ4v) is 3.17. The van der Waals surface area contributed by atoms with E-state index in [4.69, 9.17) is 11.6 Å². The van der Waals surface area contributed by atoms with Gasteiger partial charge in [0.15, 0.2) is 0 Å². The Labute approximate surface area is 127 Å². The molecule has 98 valence electrons. The molecule has 3 heteroatoms. The number of benzene rings is 2. The van der Waals surface area contributed by atoms with Gasteiger partial charge in [0.1, 0.15) is 0 Å². The van der Waals surface area contributed by atoms with Crippen molar-refractivity contribution in [2.45, 2.75) is 9.79 Å². The fraction of sp³-hybridized carbons (Fsp3) is 0. The first kappa shape index (κ1) is 13.2. The summed E-state index contributed by atoms with van der Waals surface area (Å²) in [7, 11) is 0. The van der Waals surface area contributed by atoms with E-state index in [1.54, 1.807) is 11.8 Å². The number of nitrogens with zero attached hydrogens (tertiary/aromatic N) is 1. The van der Waals surface area contributed by atoms with Gasteiger partial charge in [0.2, 0.25) is 0 Å². The molecule has 0 bridgehead atoms. The maximum Gasteiger partial charge on any atom is 0.0713 e. The van der Waals surface area contributed by atoms with Gasteiger partial charge in [-0.05, 0) is 30.3 Å². The van der Waals surface area contributed by atoms with Crippen molar-refractivity contribution in [2.75, 3.05) is 0 Å². The highest BCUT2D eigenvalue weighted by Crippen LogP contribution is 2.38. The lowest BCUT2D eigenvalue weighted by atomic mass is 10.1. The van der Waals surface area contributed by atoms with E-state index in [1.165, 1.54) is 0 Å². The van der Waals surface area contributed by atoms with Gasteiger partial charge in [0.05, 0.1) is 10.7 Å². The molecule has 2 aromatic carbocycles. The Balaban J connectivity index is 2.01. The molecule has 0 fully saturated rings. The Morgan fingerprint density at radius 1 is 0.750 bits per heavy atom. The molecule has 3 aromatic rings. The van der Waals surface area contributed by atoms with E-state index in [1.807, 2.05) is 60.8 Å². The van der Waals surface area contributed by atoms with Gasteiger partial charge in [-0.25, -0.2) is 0 Å². The van der Waals surface area contributed by atoms with Crippen LogP contribution in [0.2, 0.25) is 5.02 Å². The number of rotatable bonds is 3. The minimum Gasteiger partial charge on any atom is -0.256 e. The summed E-state index contributed by atoms with van der Waals surface area (Å²) in [4.78, 5) is 6.63. The highest BCUT2D eigenvalue weighted by atomic mass is 35.5. The van der Waals surface area contributed by atoms with E-state index < -0.39 is 0 Å². The van der Waals surface area contributed by atoms with Crippen LogP contribution < -0.4 is 0 Å². The first-order valence-corrected chi connectivity index (χ1v) is 7.47. The molecule has 0 spiro atoms. The average Bonchev–Trinajstić information content (AvgIpc) is 2.51. The lowest BCUT2D eigenvalue weighted by Crippen LogP contribution is -1.85. The van der Waals surface area contributed by atoms with Gasteiger partial charge >= 0.3 is 0 Å². The molecular formula is C17H12ClNS. The van der Waals surface area contributed by atoms with E-state index in [0.717, 1.165) is 26.1 Å².